The molecule has 0 unspecified atom stereocenters. The fourth-order valence-corrected chi connectivity index (χ4v) is 3.08. The second kappa shape index (κ2) is 6.49. The zero-order valence-corrected chi connectivity index (χ0v) is 14.5. The monoisotopic (exact) mass is 293 g/mol. The Morgan fingerprint density at radius 3 is 2.67 bits per heavy atom. The van der Waals surface area contributed by atoms with Gasteiger partial charge in [0, 0.05) is 43.9 Å². The van der Waals surface area contributed by atoms with Crippen LogP contribution in [-0.4, -0.2) is 29.5 Å². The van der Waals surface area contributed by atoms with Crippen LogP contribution >= 0.6 is 0 Å². The molecule has 0 aromatic carbocycles. The molecule has 0 saturated carbocycles. The van der Waals surface area contributed by atoms with Crippen molar-refractivity contribution in [1.29, 1.82) is 0 Å². The molecule has 2 heterocycles. The number of aromatic nitrogens is 2. The van der Waals surface area contributed by atoms with Crippen LogP contribution in [0.3, 0.4) is 0 Å². The summed E-state index contributed by atoms with van der Waals surface area (Å²) in [6, 6.07) is 0. The second-order valence-corrected chi connectivity index (χ2v) is 7.20. The molecule has 4 nitrogen and oxygen atoms in total. The Morgan fingerprint density at radius 2 is 2.10 bits per heavy atom. The first-order valence-electron chi connectivity index (χ1n) is 8.18. The number of hydrogen-bond donors (Lipinski definition) is 1. The van der Waals surface area contributed by atoms with Crippen LogP contribution in [-0.2, 0) is 11.8 Å². The highest BCUT2D eigenvalue weighted by Crippen LogP contribution is 2.37. The first-order valence-corrected chi connectivity index (χ1v) is 8.18. The topological polar surface area (TPSA) is 39.1 Å². The molecule has 120 valence electrons. The third-order valence-electron chi connectivity index (χ3n) is 5.03. The average Bonchev–Trinajstić information content (AvgIpc) is 2.95. The standard InChI is InChI=1S/C17H31N3O/c1-7-17(4,5)11-18-10-14-8-9-21-16(14)15-12(2)19-20(6)13(15)3/h14,16,18H,7-11H2,1-6H3/t14-,16-/m0/s1. The summed E-state index contributed by atoms with van der Waals surface area (Å²) in [6.07, 6.45) is 2.54. The number of hydrogen-bond acceptors (Lipinski definition) is 3. The first-order chi connectivity index (χ1) is 9.85. The van der Waals surface area contributed by atoms with E-state index >= 15 is 0 Å². The minimum absolute atomic E-state index is 0.205. The van der Waals surface area contributed by atoms with Crippen molar-refractivity contribution in [2.75, 3.05) is 19.7 Å². The van der Waals surface area contributed by atoms with Crippen molar-refractivity contribution in [1.82, 2.24) is 15.1 Å². The summed E-state index contributed by atoms with van der Waals surface area (Å²) in [5, 5.41) is 8.20. The van der Waals surface area contributed by atoms with Gasteiger partial charge in [0.15, 0.2) is 0 Å². The summed E-state index contributed by atoms with van der Waals surface area (Å²) >= 11 is 0. The fraction of sp³-hybridized carbons (Fsp3) is 0.824. The van der Waals surface area contributed by atoms with E-state index in [1.54, 1.807) is 0 Å². The lowest BCUT2D eigenvalue weighted by Crippen LogP contribution is -2.33. The maximum absolute atomic E-state index is 6.04. The van der Waals surface area contributed by atoms with Gasteiger partial charge in [-0.05, 0) is 32.1 Å². The number of rotatable bonds is 6. The quantitative estimate of drug-likeness (QED) is 0.876. The van der Waals surface area contributed by atoms with Crippen LogP contribution in [0.4, 0.5) is 0 Å². The molecule has 0 spiro atoms. The Labute approximate surface area is 129 Å². The van der Waals surface area contributed by atoms with Crippen molar-refractivity contribution in [2.24, 2.45) is 18.4 Å². The highest BCUT2D eigenvalue weighted by Gasteiger charge is 2.33. The highest BCUT2D eigenvalue weighted by atomic mass is 16.5. The predicted octanol–water partition coefficient (Wildman–Crippen LogP) is 3.14. The van der Waals surface area contributed by atoms with E-state index in [4.69, 9.17) is 4.74 Å². The summed E-state index contributed by atoms with van der Waals surface area (Å²) in [6.45, 7) is 14.1. The van der Waals surface area contributed by atoms with Gasteiger partial charge in [0.25, 0.3) is 0 Å². The zero-order chi connectivity index (χ0) is 15.6. The lowest BCUT2D eigenvalue weighted by molar-refractivity contribution is 0.0887. The van der Waals surface area contributed by atoms with Crippen LogP contribution in [0.1, 0.15) is 56.7 Å². The van der Waals surface area contributed by atoms with Crippen LogP contribution in [0.25, 0.3) is 0 Å². The third-order valence-corrected chi connectivity index (χ3v) is 5.03. The van der Waals surface area contributed by atoms with E-state index in [0.29, 0.717) is 11.3 Å². The van der Waals surface area contributed by atoms with E-state index in [1.807, 2.05) is 11.7 Å². The molecule has 2 rings (SSSR count). The van der Waals surface area contributed by atoms with E-state index in [1.165, 1.54) is 17.7 Å². The van der Waals surface area contributed by atoms with E-state index < -0.39 is 0 Å². The number of aryl methyl sites for hydroxylation is 2. The van der Waals surface area contributed by atoms with Gasteiger partial charge < -0.3 is 10.1 Å². The van der Waals surface area contributed by atoms with E-state index in [9.17, 15) is 0 Å². The lowest BCUT2D eigenvalue weighted by atomic mass is 9.89. The Kier molecular flexibility index (Phi) is 5.10. The number of nitrogens with one attached hydrogen (secondary N) is 1. The predicted molar refractivity (Wildman–Crippen MR) is 86.4 cm³/mol. The molecular formula is C17H31N3O. The van der Waals surface area contributed by atoms with Gasteiger partial charge in [-0.25, -0.2) is 0 Å². The Hall–Kier alpha value is -0.870. The molecule has 1 N–H and O–H groups in total. The van der Waals surface area contributed by atoms with E-state index in [0.717, 1.165) is 31.8 Å². The molecule has 1 fully saturated rings. The van der Waals surface area contributed by atoms with Gasteiger partial charge in [-0.3, -0.25) is 4.68 Å². The van der Waals surface area contributed by atoms with Crippen LogP contribution in [0, 0.1) is 25.2 Å². The van der Waals surface area contributed by atoms with Gasteiger partial charge in [-0.2, -0.15) is 5.10 Å². The molecule has 2 atom stereocenters. The Balaban J connectivity index is 2.01. The van der Waals surface area contributed by atoms with Crippen LogP contribution in [0.2, 0.25) is 0 Å². The normalized spacial score (nSPS) is 23.0. The second-order valence-electron chi connectivity index (χ2n) is 7.20. The highest BCUT2D eigenvalue weighted by molar-refractivity contribution is 5.28. The first kappa shape index (κ1) is 16.5. The van der Waals surface area contributed by atoms with Crippen molar-refractivity contribution in [2.45, 2.75) is 53.6 Å². The molecule has 0 amide bonds. The minimum atomic E-state index is 0.205. The molecule has 1 saturated heterocycles. The molecule has 4 heteroatoms. The summed E-state index contributed by atoms with van der Waals surface area (Å²) in [7, 11) is 2.01. The van der Waals surface area contributed by atoms with Crippen molar-refractivity contribution in [3.8, 4) is 0 Å². The summed E-state index contributed by atoms with van der Waals surface area (Å²) in [5.41, 5.74) is 4.02. The maximum Gasteiger partial charge on any atom is 0.0901 e. The Bertz CT molecular complexity index is 479. The van der Waals surface area contributed by atoms with Crippen LogP contribution in [0.15, 0.2) is 0 Å². The van der Waals surface area contributed by atoms with Crippen molar-refractivity contribution in [3.63, 3.8) is 0 Å². The molecule has 1 aliphatic rings. The van der Waals surface area contributed by atoms with E-state index in [2.05, 4.69) is 45.0 Å². The molecule has 1 aliphatic heterocycles. The molecule has 1 aromatic rings. The number of ether oxygens (including phenoxy) is 1. The fourth-order valence-electron chi connectivity index (χ4n) is 3.08. The smallest absolute Gasteiger partial charge is 0.0901 e. The molecular weight excluding hydrogens is 262 g/mol. The summed E-state index contributed by atoms with van der Waals surface area (Å²) < 4.78 is 8.01. The molecule has 0 bridgehead atoms. The van der Waals surface area contributed by atoms with Gasteiger partial charge in [-0.15, -0.1) is 0 Å². The minimum Gasteiger partial charge on any atom is -0.373 e. The largest absolute Gasteiger partial charge is 0.373 e. The summed E-state index contributed by atoms with van der Waals surface area (Å²) in [5.74, 6) is 0.555. The zero-order valence-electron chi connectivity index (χ0n) is 14.5. The van der Waals surface area contributed by atoms with Crippen LogP contribution in [0.5, 0.6) is 0 Å². The van der Waals surface area contributed by atoms with E-state index in [-0.39, 0.29) is 6.10 Å². The molecule has 21 heavy (non-hydrogen) atoms. The van der Waals surface area contributed by atoms with Crippen molar-refractivity contribution < 1.29 is 4.74 Å². The average molecular weight is 293 g/mol. The summed E-state index contributed by atoms with van der Waals surface area (Å²) in [4.78, 5) is 0. The van der Waals surface area contributed by atoms with Gasteiger partial charge in [0.1, 0.15) is 0 Å². The molecule has 1 aromatic heterocycles. The van der Waals surface area contributed by atoms with Gasteiger partial charge in [-0.1, -0.05) is 20.8 Å². The van der Waals surface area contributed by atoms with Crippen molar-refractivity contribution >= 4 is 0 Å². The van der Waals surface area contributed by atoms with Gasteiger partial charge in [0.05, 0.1) is 11.8 Å². The lowest BCUT2D eigenvalue weighted by Gasteiger charge is -2.25. The maximum atomic E-state index is 6.04. The Morgan fingerprint density at radius 1 is 1.38 bits per heavy atom. The SMILES string of the molecule is CCC(C)(C)CNC[C@@H]1CCO[C@@H]1c1c(C)nn(C)c1C. The van der Waals surface area contributed by atoms with Crippen molar-refractivity contribution in [3.05, 3.63) is 17.0 Å². The van der Waals surface area contributed by atoms with Gasteiger partial charge >= 0.3 is 0 Å². The van der Waals surface area contributed by atoms with Crippen LogP contribution < -0.4 is 5.32 Å². The van der Waals surface area contributed by atoms with Gasteiger partial charge in [0.2, 0.25) is 0 Å². The number of nitrogens with zero attached hydrogens (tertiary/aromatic N) is 2. The molecule has 0 aliphatic carbocycles. The third kappa shape index (κ3) is 3.67. The molecule has 0 radical (unpaired) electrons.